The fourth-order valence-electron chi connectivity index (χ4n) is 1.87. The minimum atomic E-state index is 0.478. The van der Waals surface area contributed by atoms with Crippen LogP contribution in [0.2, 0.25) is 0 Å². The van der Waals surface area contributed by atoms with Crippen molar-refractivity contribution in [2.24, 2.45) is 0 Å². The predicted octanol–water partition coefficient (Wildman–Crippen LogP) is 3.87. The Morgan fingerprint density at radius 3 is 2.44 bits per heavy atom. The van der Waals surface area contributed by atoms with Gasteiger partial charge in [0.15, 0.2) is 0 Å². The van der Waals surface area contributed by atoms with Crippen LogP contribution in [-0.2, 0) is 0 Å². The first-order valence-corrected chi connectivity index (χ1v) is 7.24. The first-order valence-electron chi connectivity index (χ1n) is 6.19. The lowest BCUT2D eigenvalue weighted by atomic mass is 10.0. The standard InChI is InChI=1S/C14H23NS/c1-4-11-15-14(12(3)16-5-2)13-9-7-6-8-10-13/h6-10,12,14-15H,4-5,11H2,1-3H3. The lowest BCUT2D eigenvalue weighted by Gasteiger charge is -2.25. The van der Waals surface area contributed by atoms with Gasteiger partial charge >= 0.3 is 0 Å². The molecule has 1 aromatic rings. The van der Waals surface area contributed by atoms with Crippen molar-refractivity contribution in [1.29, 1.82) is 0 Å². The Bertz CT molecular complexity index is 273. The minimum Gasteiger partial charge on any atom is -0.309 e. The molecular weight excluding hydrogens is 214 g/mol. The van der Waals surface area contributed by atoms with Crippen molar-refractivity contribution < 1.29 is 0 Å². The van der Waals surface area contributed by atoms with Crippen LogP contribution < -0.4 is 5.32 Å². The highest BCUT2D eigenvalue weighted by atomic mass is 32.2. The van der Waals surface area contributed by atoms with E-state index in [1.54, 1.807) is 0 Å². The highest BCUT2D eigenvalue weighted by molar-refractivity contribution is 7.99. The number of nitrogens with one attached hydrogen (secondary N) is 1. The number of rotatable bonds is 7. The van der Waals surface area contributed by atoms with Crippen LogP contribution in [-0.4, -0.2) is 17.5 Å². The van der Waals surface area contributed by atoms with E-state index >= 15 is 0 Å². The monoisotopic (exact) mass is 237 g/mol. The first kappa shape index (κ1) is 13.6. The predicted molar refractivity (Wildman–Crippen MR) is 75.1 cm³/mol. The van der Waals surface area contributed by atoms with Crippen molar-refractivity contribution in [2.75, 3.05) is 12.3 Å². The zero-order chi connectivity index (χ0) is 11.8. The topological polar surface area (TPSA) is 12.0 Å². The molecule has 0 aliphatic rings. The summed E-state index contributed by atoms with van der Waals surface area (Å²) in [7, 11) is 0. The highest BCUT2D eigenvalue weighted by Gasteiger charge is 2.17. The maximum atomic E-state index is 3.65. The molecule has 0 saturated heterocycles. The molecule has 0 aliphatic carbocycles. The van der Waals surface area contributed by atoms with Crippen LogP contribution in [0, 0.1) is 0 Å². The van der Waals surface area contributed by atoms with Crippen molar-refractivity contribution >= 4 is 11.8 Å². The molecule has 0 spiro atoms. The average Bonchev–Trinajstić information content (AvgIpc) is 2.31. The van der Waals surface area contributed by atoms with Crippen molar-refractivity contribution in [2.45, 2.75) is 38.5 Å². The number of benzene rings is 1. The Kier molecular flexibility index (Phi) is 6.58. The van der Waals surface area contributed by atoms with Crippen LogP contribution in [0.1, 0.15) is 38.8 Å². The second-order valence-electron chi connectivity index (χ2n) is 4.00. The van der Waals surface area contributed by atoms with Crippen molar-refractivity contribution in [3.05, 3.63) is 35.9 Å². The normalized spacial score (nSPS) is 14.7. The maximum absolute atomic E-state index is 3.65. The van der Waals surface area contributed by atoms with Crippen molar-refractivity contribution in [3.63, 3.8) is 0 Å². The number of hydrogen-bond acceptors (Lipinski definition) is 2. The van der Waals surface area contributed by atoms with Gasteiger partial charge in [-0.2, -0.15) is 11.8 Å². The molecule has 0 amide bonds. The summed E-state index contributed by atoms with van der Waals surface area (Å²) in [5.74, 6) is 1.18. The molecule has 2 unspecified atom stereocenters. The van der Waals surface area contributed by atoms with Crippen LogP contribution >= 0.6 is 11.8 Å². The molecule has 2 atom stereocenters. The third-order valence-electron chi connectivity index (χ3n) is 2.67. The largest absolute Gasteiger partial charge is 0.309 e. The molecule has 1 N–H and O–H groups in total. The van der Waals surface area contributed by atoms with Gasteiger partial charge in [-0.25, -0.2) is 0 Å². The molecular formula is C14H23NS. The van der Waals surface area contributed by atoms with Crippen LogP contribution in [0.4, 0.5) is 0 Å². The quantitative estimate of drug-likeness (QED) is 0.772. The van der Waals surface area contributed by atoms with Crippen molar-refractivity contribution in [1.82, 2.24) is 5.32 Å². The summed E-state index contributed by atoms with van der Waals surface area (Å²) in [6, 6.07) is 11.3. The van der Waals surface area contributed by atoms with Gasteiger partial charge in [-0.15, -0.1) is 0 Å². The third kappa shape index (κ3) is 4.18. The van der Waals surface area contributed by atoms with Gasteiger partial charge < -0.3 is 5.32 Å². The van der Waals surface area contributed by atoms with Crippen LogP contribution in [0.25, 0.3) is 0 Å². The van der Waals surface area contributed by atoms with Crippen molar-refractivity contribution in [3.8, 4) is 0 Å². The summed E-state index contributed by atoms with van der Waals surface area (Å²) in [5.41, 5.74) is 1.41. The summed E-state index contributed by atoms with van der Waals surface area (Å²) < 4.78 is 0. The fraction of sp³-hybridized carbons (Fsp3) is 0.571. The summed E-state index contributed by atoms with van der Waals surface area (Å²) in [6.07, 6.45) is 1.19. The Balaban J connectivity index is 2.70. The first-order chi connectivity index (χ1) is 7.79. The molecule has 0 fully saturated rings. The van der Waals surface area contributed by atoms with Gasteiger partial charge in [-0.3, -0.25) is 0 Å². The van der Waals surface area contributed by atoms with Gasteiger partial charge in [0.05, 0.1) is 0 Å². The number of thioether (sulfide) groups is 1. The van der Waals surface area contributed by atoms with Gasteiger partial charge in [0.25, 0.3) is 0 Å². The molecule has 90 valence electrons. The molecule has 2 heteroatoms. The molecule has 1 rings (SSSR count). The van der Waals surface area contributed by atoms with E-state index in [-0.39, 0.29) is 0 Å². The average molecular weight is 237 g/mol. The Labute approximate surface area is 104 Å². The summed E-state index contributed by atoms with van der Waals surface area (Å²) in [5, 5.41) is 4.27. The molecule has 0 bridgehead atoms. The van der Waals surface area contributed by atoms with E-state index in [0.717, 1.165) is 6.54 Å². The molecule has 1 aromatic carbocycles. The third-order valence-corrected chi connectivity index (χ3v) is 3.80. The minimum absolute atomic E-state index is 0.478. The zero-order valence-electron chi connectivity index (χ0n) is 10.6. The molecule has 16 heavy (non-hydrogen) atoms. The lowest BCUT2D eigenvalue weighted by Crippen LogP contribution is -2.29. The van der Waals surface area contributed by atoms with E-state index < -0.39 is 0 Å². The smallest absolute Gasteiger partial charge is 0.0437 e. The van der Waals surface area contributed by atoms with Crippen LogP contribution in [0.3, 0.4) is 0 Å². The Hall–Kier alpha value is -0.470. The summed E-state index contributed by atoms with van der Waals surface area (Å²) in [6.45, 7) is 7.85. The van der Waals surface area contributed by atoms with Crippen LogP contribution in [0.15, 0.2) is 30.3 Å². The van der Waals surface area contributed by atoms with Gasteiger partial charge in [0.2, 0.25) is 0 Å². The van der Waals surface area contributed by atoms with Crippen LogP contribution in [0.5, 0.6) is 0 Å². The number of hydrogen-bond donors (Lipinski definition) is 1. The maximum Gasteiger partial charge on any atom is 0.0437 e. The lowest BCUT2D eigenvalue weighted by molar-refractivity contribution is 0.528. The van der Waals surface area contributed by atoms with Gasteiger partial charge in [0, 0.05) is 11.3 Å². The SMILES string of the molecule is CCCNC(c1ccccc1)C(C)SCC. The molecule has 0 radical (unpaired) electrons. The Morgan fingerprint density at radius 1 is 1.19 bits per heavy atom. The second-order valence-corrected chi connectivity index (χ2v) is 5.66. The van der Waals surface area contributed by atoms with E-state index in [2.05, 4.69) is 56.4 Å². The fourth-order valence-corrected chi connectivity index (χ4v) is 2.85. The van der Waals surface area contributed by atoms with Gasteiger partial charge in [0.1, 0.15) is 0 Å². The summed E-state index contributed by atoms with van der Waals surface area (Å²) in [4.78, 5) is 0. The Morgan fingerprint density at radius 2 is 1.88 bits per heavy atom. The zero-order valence-corrected chi connectivity index (χ0v) is 11.4. The van der Waals surface area contributed by atoms with E-state index in [4.69, 9.17) is 0 Å². The van der Waals surface area contributed by atoms with E-state index in [0.29, 0.717) is 11.3 Å². The highest BCUT2D eigenvalue weighted by Crippen LogP contribution is 2.26. The molecule has 0 aliphatic heterocycles. The molecule has 1 nitrogen and oxygen atoms in total. The molecule has 0 heterocycles. The second kappa shape index (κ2) is 7.75. The van der Waals surface area contributed by atoms with E-state index in [1.807, 2.05) is 11.8 Å². The van der Waals surface area contributed by atoms with E-state index in [1.165, 1.54) is 17.7 Å². The van der Waals surface area contributed by atoms with Gasteiger partial charge in [-0.1, -0.05) is 51.1 Å². The van der Waals surface area contributed by atoms with Gasteiger partial charge in [-0.05, 0) is 24.3 Å². The van der Waals surface area contributed by atoms with E-state index in [9.17, 15) is 0 Å². The molecule has 0 aromatic heterocycles. The molecule has 0 saturated carbocycles. The summed E-state index contributed by atoms with van der Waals surface area (Å²) >= 11 is 2.02.